The quantitative estimate of drug-likeness (QED) is 0.498. The smallest absolute Gasteiger partial charge is 0.256 e. The highest BCUT2D eigenvalue weighted by Crippen LogP contribution is 2.15. The number of nitrogens with one attached hydrogen (secondary N) is 4. The van der Waals surface area contributed by atoms with E-state index in [4.69, 9.17) is 5.73 Å². The number of carbonyl (C=O) groups excluding carboxylic acids is 2. The first-order valence-electron chi connectivity index (χ1n) is 10.4. The molecule has 0 fully saturated rings. The lowest BCUT2D eigenvalue weighted by atomic mass is 10.1. The molecule has 0 aliphatic carbocycles. The number of hydrogen-bond acceptors (Lipinski definition) is 7. The third-order valence-electron chi connectivity index (χ3n) is 4.91. The molecule has 1 aromatic heterocycles. The molecule has 9 nitrogen and oxygen atoms in total. The van der Waals surface area contributed by atoms with E-state index < -0.39 is 6.04 Å². The molecule has 0 saturated heterocycles. The number of benzene rings is 1. The molecule has 3 rings (SSSR count). The van der Waals surface area contributed by atoms with E-state index >= 15 is 0 Å². The van der Waals surface area contributed by atoms with Gasteiger partial charge >= 0.3 is 0 Å². The number of fused-ring (bicyclic) bond motifs is 2. The summed E-state index contributed by atoms with van der Waals surface area (Å²) in [5.74, 6) is 0.0113. The van der Waals surface area contributed by atoms with Gasteiger partial charge < -0.3 is 27.0 Å². The summed E-state index contributed by atoms with van der Waals surface area (Å²) in [7, 11) is 0. The largest absolute Gasteiger partial charge is 0.369 e. The second kappa shape index (κ2) is 11.2. The molecular formula is C21H28FN7O2. The van der Waals surface area contributed by atoms with Gasteiger partial charge in [-0.1, -0.05) is 12.1 Å². The number of rotatable bonds is 3. The van der Waals surface area contributed by atoms with Gasteiger partial charge in [-0.3, -0.25) is 9.59 Å². The maximum absolute atomic E-state index is 13.0. The number of amides is 2. The molecule has 2 amide bonds. The molecule has 1 aliphatic heterocycles. The molecule has 2 aromatic rings. The number of carbonyl (C=O) groups is 2. The molecule has 1 aliphatic rings. The lowest BCUT2D eigenvalue weighted by Crippen LogP contribution is -2.41. The first kappa shape index (κ1) is 22.4. The first-order valence-corrected chi connectivity index (χ1v) is 10.4. The van der Waals surface area contributed by atoms with Crippen molar-refractivity contribution in [3.63, 3.8) is 0 Å². The standard InChI is InChI=1S/C21H28FN7O2/c22-15-7-5-14(6-8-15)12-27-19(30)16-13-28-21-26-10-2-1-9-25-20(31)17(23)4-3-11-24-18(16)29-21/h5-8,13,17H,1-4,9-12,23H2,(H,25,31)(H,27,30)(H2,24,26,28,29). The second-order valence-electron chi connectivity index (χ2n) is 7.37. The van der Waals surface area contributed by atoms with Crippen LogP contribution in [0.1, 0.15) is 41.6 Å². The summed E-state index contributed by atoms with van der Waals surface area (Å²) >= 11 is 0. The van der Waals surface area contributed by atoms with E-state index in [2.05, 4.69) is 31.2 Å². The van der Waals surface area contributed by atoms with Gasteiger partial charge in [0.25, 0.3) is 5.91 Å². The topological polar surface area (TPSA) is 134 Å². The van der Waals surface area contributed by atoms with Crippen LogP contribution in [0.2, 0.25) is 0 Å². The lowest BCUT2D eigenvalue weighted by Gasteiger charge is -2.14. The summed E-state index contributed by atoms with van der Waals surface area (Å²) in [5, 5.41) is 11.9. The molecule has 0 radical (unpaired) electrons. The van der Waals surface area contributed by atoms with E-state index in [1.165, 1.54) is 18.3 Å². The molecule has 1 aromatic carbocycles. The van der Waals surface area contributed by atoms with Crippen molar-refractivity contribution in [3.8, 4) is 0 Å². The summed E-state index contributed by atoms with van der Waals surface area (Å²) in [4.78, 5) is 33.4. The Balaban J connectivity index is 1.68. The fourth-order valence-corrected chi connectivity index (χ4v) is 3.10. The molecule has 2 heterocycles. The Labute approximate surface area is 180 Å². The SMILES string of the molecule is NC1CCCNc2nc(ncc2C(=O)NCc2ccc(F)cc2)NCCCCNC1=O. The molecule has 0 saturated carbocycles. The molecule has 31 heavy (non-hydrogen) atoms. The van der Waals surface area contributed by atoms with Crippen molar-refractivity contribution in [2.24, 2.45) is 5.73 Å². The number of nitrogens with two attached hydrogens (primary N) is 1. The molecule has 2 bridgehead atoms. The predicted molar refractivity (Wildman–Crippen MR) is 116 cm³/mol. The molecule has 0 spiro atoms. The summed E-state index contributed by atoms with van der Waals surface area (Å²) < 4.78 is 13.0. The highest BCUT2D eigenvalue weighted by atomic mass is 19.1. The molecule has 166 valence electrons. The number of nitrogens with zero attached hydrogens (tertiary/aromatic N) is 2. The van der Waals surface area contributed by atoms with E-state index in [1.807, 2.05) is 0 Å². The summed E-state index contributed by atoms with van der Waals surface area (Å²) in [6.07, 6.45) is 4.26. The Bertz CT molecular complexity index is 892. The molecule has 1 unspecified atom stereocenters. The van der Waals surface area contributed by atoms with Crippen molar-refractivity contribution in [1.82, 2.24) is 20.6 Å². The average Bonchev–Trinajstić information content (AvgIpc) is 2.78. The number of halogens is 1. The zero-order valence-corrected chi connectivity index (χ0v) is 17.3. The first-order chi connectivity index (χ1) is 15.0. The molecule has 1 atom stereocenters. The van der Waals surface area contributed by atoms with Crippen LogP contribution in [-0.4, -0.2) is 47.5 Å². The van der Waals surface area contributed by atoms with E-state index in [0.29, 0.717) is 49.8 Å². The Kier molecular flexibility index (Phi) is 8.11. The fraction of sp³-hybridized carbons (Fsp3) is 0.429. The van der Waals surface area contributed by atoms with Crippen molar-refractivity contribution >= 4 is 23.6 Å². The molecule has 6 N–H and O–H groups in total. The minimum Gasteiger partial charge on any atom is -0.369 e. The van der Waals surface area contributed by atoms with Gasteiger partial charge in [0.1, 0.15) is 17.2 Å². The van der Waals surface area contributed by atoms with Crippen LogP contribution >= 0.6 is 0 Å². The normalized spacial score (nSPS) is 17.9. The van der Waals surface area contributed by atoms with Gasteiger partial charge in [-0.05, 0) is 43.4 Å². The van der Waals surface area contributed by atoms with Crippen molar-refractivity contribution in [3.05, 3.63) is 47.4 Å². The highest BCUT2D eigenvalue weighted by molar-refractivity contribution is 5.98. The minimum atomic E-state index is -0.565. The van der Waals surface area contributed by atoms with Crippen LogP contribution in [-0.2, 0) is 11.3 Å². The Hall–Kier alpha value is -3.27. The van der Waals surface area contributed by atoms with E-state index in [0.717, 1.165) is 18.4 Å². The van der Waals surface area contributed by atoms with Gasteiger partial charge in [0, 0.05) is 32.4 Å². The van der Waals surface area contributed by atoms with Crippen LogP contribution in [0.15, 0.2) is 30.5 Å². The van der Waals surface area contributed by atoms with Crippen molar-refractivity contribution < 1.29 is 14.0 Å². The van der Waals surface area contributed by atoms with Gasteiger partial charge in [-0.2, -0.15) is 4.98 Å². The monoisotopic (exact) mass is 429 g/mol. The fourth-order valence-electron chi connectivity index (χ4n) is 3.10. The Morgan fingerprint density at radius 1 is 1.10 bits per heavy atom. The van der Waals surface area contributed by atoms with E-state index in [-0.39, 0.29) is 24.2 Å². The number of anilines is 2. The third kappa shape index (κ3) is 6.88. The van der Waals surface area contributed by atoms with Crippen molar-refractivity contribution in [2.75, 3.05) is 30.3 Å². The summed E-state index contributed by atoms with van der Waals surface area (Å²) in [6.45, 7) is 1.96. The zero-order chi connectivity index (χ0) is 22.1. The predicted octanol–water partition coefficient (Wildman–Crippen LogP) is 1.39. The van der Waals surface area contributed by atoms with Crippen molar-refractivity contribution in [2.45, 2.75) is 38.3 Å². The van der Waals surface area contributed by atoms with E-state index in [9.17, 15) is 14.0 Å². The summed E-state index contributed by atoms with van der Waals surface area (Å²) in [6, 6.07) is 5.36. The average molecular weight is 430 g/mol. The highest BCUT2D eigenvalue weighted by Gasteiger charge is 2.16. The zero-order valence-electron chi connectivity index (χ0n) is 17.3. The van der Waals surface area contributed by atoms with Gasteiger partial charge in [-0.25, -0.2) is 9.37 Å². The van der Waals surface area contributed by atoms with Crippen LogP contribution in [0.3, 0.4) is 0 Å². The second-order valence-corrected chi connectivity index (χ2v) is 7.37. The van der Waals surface area contributed by atoms with Crippen LogP contribution in [0, 0.1) is 5.82 Å². The number of hydrogen-bond donors (Lipinski definition) is 5. The summed E-state index contributed by atoms with van der Waals surface area (Å²) in [5.41, 5.74) is 7.02. The molecular weight excluding hydrogens is 401 g/mol. The maximum atomic E-state index is 13.0. The third-order valence-corrected chi connectivity index (χ3v) is 4.91. The van der Waals surface area contributed by atoms with Crippen LogP contribution < -0.4 is 27.0 Å². The van der Waals surface area contributed by atoms with Gasteiger partial charge in [0.05, 0.1) is 6.04 Å². The Morgan fingerprint density at radius 3 is 2.58 bits per heavy atom. The van der Waals surface area contributed by atoms with Gasteiger partial charge in [0.2, 0.25) is 11.9 Å². The van der Waals surface area contributed by atoms with E-state index in [1.54, 1.807) is 12.1 Å². The maximum Gasteiger partial charge on any atom is 0.256 e. The van der Waals surface area contributed by atoms with Crippen LogP contribution in [0.4, 0.5) is 16.2 Å². The minimum absolute atomic E-state index is 0.149. The number of aromatic nitrogens is 2. The lowest BCUT2D eigenvalue weighted by molar-refractivity contribution is -0.122. The molecule has 10 heteroatoms. The Morgan fingerprint density at radius 2 is 1.81 bits per heavy atom. The van der Waals surface area contributed by atoms with Crippen molar-refractivity contribution in [1.29, 1.82) is 0 Å². The van der Waals surface area contributed by atoms with Gasteiger partial charge in [0.15, 0.2) is 0 Å². The van der Waals surface area contributed by atoms with Gasteiger partial charge in [-0.15, -0.1) is 0 Å². The van der Waals surface area contributed by atoms with Crippen LogP contribution in [0.5, 0.6) is 0 Å². The van der Waals surface area contributed by atoms with Crippen LogP contribution in [0.25, 0.3) is 0 Å².